The average molecular weight is 414 g/mol. The van der Waals surface area contributed by atoms with Crippen molar-refractivity contribution in [2.24, 2.45) is 0 Å². The van der Waals surface area contributed by atoms with Crippen LogP contribution >= 0.6 is 34.2 Å². The molecule has 6 heteroatoms. The van der Waals surface area contributed by atoms with Gasteiger partial charge in [-0.3, -0.25) is 9.59 Å². The van der Waals surface area contributed by atoms with Crippen LogP contribution in [-0.2, 0) is 4.79 Å². The van der Waals surface area contributed by atoms with Crippen molar-refractivity contribution in [3.05, 3.63) is 56.1 Å². The molecule has 1 N–H and O–H groups in total. The van der Waals surface area contributed by atoms with Gasteiger partial charge in [-0.05, 0) is 59.0 Å². The van der Waals surface area contributed by atoms with E-state index in [4.69, 9.17) is 16.3 Å². The van der Waals surface area contributed by atoms with E-state index in [0.717, 1.165) is 3.57 Å². The zero-order valence-corrected chi connectivity index (χ0v) is 13.6. The number of amides is 1. The van der Waals surface area contributed by atoms with E-state index in [2.05, 4.69) is 27.9 Å². The number of anilines is 1. The van der Waals surface area contributed by atoms with E-state index in [-0.39, 0.29) is 23.3 Å². The van der Waals surface area contributed by atoms with E-state index in [9.17, 15) is 9.59 Å². The van der Waals surface area contributed by atoms with Crippen LogP contribution in [0.4, 0.5) is 5.69 Å². The van der Waals surface area contributed by atoms with Crippen LogP contribution in [-0.4, -0.2) is 18.3 Å². The van der Waals surface area contributed by atoms with Gasteiger partial charge in [-0.2, -0.15) is 0 Å². The first-order valence-electron chi connectivity index (χ1n) is 6.11. The smallest absolute Gasteiger partial charge is 0.262 e. The van der Waals surface area contributed by atoms with Gasteiger partial charge in [0.15, 0.2) is 12.4 Å². The van der Waals surface area contributed by atoms with E-state index < -0.39 is 0 Å². The number of ether oxygens (including phenoxy) is 1. The number of ketones is 1. The van der Waals surface area contributed by atoms with Crippen LogP contribution < -0.4 is 10.1 Å². The number of halogens is 2. The first kappa shape index (κ1) is 14.3. The summed E-state index contributed by atoms with van der Waals surface area (Å²) in [6, 6.07) is 10.3. The lowest BCUT2D eigenvalue weighted by molar-refractivity contribution is -0.118. The van der Waals surface area contributed by atoms with Gasteiger partial charge in [0.1, 0.15) is 5.75 Å². The van der Waals surface area contributed by atoms with Crippen LogP contribution in [0, 0.1) is 3.57 Å². The summed E-state index contributed by atoms with van der Waals surface area (Å²) in [5.74, 6) is 0.0304. The van der Waals surface area contributed by atoms with Gasteiger partial charge < -0.3 is 10.1 Å². The topological polar surface area (TPSA) is 55.4 Å². The third-order valence-corrected chi connectivity index (χ3v) is 4.09. The van der Waals surface area contributed by atoms with Crippen LogP contribution in [0.5, 0.6) is 5.75 Å². The molecule has 1 amide bonds. The summed E-state index contributed by atoms with van der Waals surface area (Å²) in [5.41, 5.74) is 1.39. The summed E-state index contributed by atoms with van der Waals surface area (Å²) in [5, 5.41) is 2.93. The Morgan fingerprint density at radius 3 is 2.67 bits per heavy atom. The zero-order valence-electron chi connectivity index (χ0n) is 10.7. The predicted octanol–water partition coefficient (Wildman–Crippen LogP) is 3.51. The van der Waals surface area contributed by atoms with Crippen LogP contribution in [0.1, 0.15) is 15.9 Å². The number of fused-ring (bicyclic) bond motifs is 1. The molecule has 0 atom stereocenters. The largest absolute Gasteiger partial charge is 0.482 e. The summed E-state index contributed by atoms with van der Waals surface area (Å²) in [4.78, 5) is 23.8. The van der Waals surface area contributed by atoms with Gasteiger partial charge in [0.05, 0.1) is 10.7 Å². The SMILES string of the molecule is O=C1COc2cc(C(=O)c3ccc(I)cc3)c(Cl)cc2N1. The van der Waals surface area contributed by atoms with E-state index >= 15 is 0 Å². The van der Waals surface area contributed by atoms with Crippen LogP contribution in [0.2, 0.25) is 5.02 Å². The van der Waals surface area contributed by atoms with E-state index in [1.807, 2.05) is 12.1 Å². The molecule has 1 aliphatic heterocycles. The molecule has 2 aromatic rings. The molecule has 106 valence electrons. The molecular weight excluding hydrogens is 405 g/mol. The number of benzene rings is 2. The maximum absolute atomic E-state index is 12.5. The molecule has 0 aromatic heterocycles. The second-order valence-electron chi connectivity index (χ2n) is 4.50. The molecule has 1 aliphatic rings. The monoisotopic (exact) mass is 413 g/mol. The second-order valence-corrected chi connectivity index (χ2v) is 6.15. The second kappa shape index (κ2) is 5.65. The Bertz CT molecular complexity index is 743. The summed E-state index contributed by atoms with van der Waals surface area (Å²) < 4.78 is 6.36. The Morgan fingerprint density at radius 2 is 1.95 bits per heavy atom. The molecule has 4 nitrogen and oxygen atoms in total. The highest BCUT2D eigenvalue weighted by molar-refractivity contribution is 14.1. The summed E-state index contributed by atoms with van der Waals surface area (Å²) >= 11 is 8.33. The maximum atomic E-state index is 12.5. The van der Waals surface area contributed by atoms with Crippen LogP contribution in [0.25, 0.3) is 0 Å². The fourth-order valence-electron chi connectivity index (χ4n) is 2.03. The van der Waals surface area contributed by atoms with Gasteiger partial charge in [-0.25, -0.2) is 0 Å². The molecule has 0 unspecified atom stereocenters. The lowest BCUT2D eigenvalue weighted by Gasteiger charge is -2.19. The van der Waals surface area contributed by atoms with Gasteiger partial charge in [0.2, 0.25) is 0 Å². The molecule has 0 bridgehead atoms. The van der Waals surface area contributed by atoms with Gasteiger partial charge in [-0.15, -0.1) is 0 Å². The quantitative estimate of drug-likeness (QED) is 0.606. The first-order valence-corrected chi connectivity index (χ1v) is 7.57. The number of hydrogen-bond acceptors (Lipinski definition) is 3. The lowest BCUT2D eigenvalue weighted by Crippen LogP contribution is -2.25. The molecule has 0 saturated carbocycles. The first-order chi connectivity index (χ1) is 10.0. The highest BCUT2D eigenvalue weighted by atomic mass is 127. The number of rotatable bonds is 2. The van der Waals surface area contributed by atoms with Crippen molar-refractivity contribution in [2.45, 2.75) is 0 Å². The molecule has 21 heavy (non-hydrogen) atoms. The summed E-state index contributed by atoms with van der Waals surface area (Å²) in [6.07, 6.45) is 0. The van der Waals surface area contributed by atoms with Gasteiger partial charge in [-0.1, -0.05) is 11.6 Å². The molecule has 3 rings (SSSR count). The molecule has 0 aliphatic carbocycles. The van der Waals surface area contributed by atoms with E-state index in [0.29, 0.717) is 22.6 Å². The Labute approximate surface area is 139 Å². The highest BCUT2D eigenvalue weighted by Gasteiger charge is 2.21. The fourth-order valence-corrected chi connectivity index (χ4v) is 2.64. The van der Waals surface area contributed by atoms with E-state index in [1.165, 1.54) is 6.07 Å². The Balaban J connectivity index is 2.01. The fraction of sp³-hybridized carbons (Fsp3) is 0.0667. The number of carbonyl (C=O) groups is 2. The molecular formula is C15H9ClINO3. The van der Waals surface area contributed by atoms with Crippen molar-refractivity contribution >= 4 is 51.6 Å². The number of nitrogens with one attached hydrogen (secondary N) is 1. The minimum Gasteiger partial charge on any atom is -0.482 e. The molecule has 0 saturated heterocycles. The summed E-state index contributed by atoms with van der Waals surface area (Å²) in [7, 11) is 0. The molecule has 0 spiro atoms. The van der Waals surface area contributed by atoms with Crippen LogP contribution in [0.3, 0.4) is 0 Å². The third-order valence-electron chi connectivity index (χ3n) is 3.05. The van der Waals surface area contributed by atoms with Crippen molar-refractivity contribution < 1.29 is 14.3 Å². The van der Waals surface area contributed by atoms with Crippen LogP contribution in [0.15, 0.2) is 36.4 Å². The lowest BCUT2D eigenvalue weighted by atomic mass is 10.0. The van der Waals surface area contributed by atoms with Crippen molar-refractivity contribution in [3.63, 3.8) is 0 Å². The van der Waals surface area contributed by atoms with Crippen molar-refractivity contribution in [1.82, 2.24) is 0 Å². The minimum absolute atomic E-state index is 0.0637. The van der Waals surface area contributed by atoms with Crippen molar-refractivity contribution in [2.75, 3.05) is 11.9 Å². The van der Waals surface area contributed by atoms with Gasteiger partial charge in [0.25, 0.3) is 5.91 Å². The average Bonchev–Trinajstić information content (AvgIpc) is 2.46. The van der Waals surface area contributed by atoms with Crippen molar-refractivity contribution in [3.8, 4) is 5.75 Å². The third kappa shape index (κ3) is 2.89. The normalized spacial score (nSPS) is 13.1. The predicted molar refractivity (Wildman–Crippen MR) is 88.2 cm³/mol. The number of hydrogen-bond donors (Lipinski definition) is 1. The number of carbonyl (C=O) groups excluding carboxylic acids is 2. The zero-order chi connectivity index (χ0) is 15.0. The highest BCUT2D eigenvalue weighted by Crippen LogP contribution is 2.34. The standard InChI is InChI=1S/C15H9ClINO3/c16-11-6-12-13(21-7-14(19)18-12)5-10(11)15(20)8-1-3-9(17)4-2-8/h1-6H,7H2,(H,18,19). The Hall–Kier alpha value is -1.60. The van der Waals surface area contributed by atoms with Gasteiger partial charge >= 0.3 is 0 Å². The maximum Gasteiger partial charge on any atom is 0.262 e. The molecule has 2 aromatic carbocycles. The minimum atomic E-state index is -0.240. The Morgan fingerprint density at radius 1 is 1.24 bits per heavy atom. The Kier molecular flexibility index (Phi) is 3.86. The molecule has 1 heterocycles. The van der Waals surface area contributed by atoms with E-state index in [1.54, 1.807) is 18.2 Å². The molecule has 0 radical (unpaired) electrons. The molecule has 0 fully saturated rings. The van der Waals surface area contributed by atoms with Crippen molar-refractivity contribution in [1.29, 1.82) is 0 Å². The summed E-state index contributed by atoms with van der Waals surface area (Å²) in [6.45, 7) is -0.0637. The van der Waals surface area contributed by atoms with Gasteiger partial charge in [0, 0.05) is 14.7 Å².